The van der Waals surface area contributed by atoms with Gasteiger partial charge in [-0.15, -0.1) is 0 Å². The number of nitrogens with one attached hydrogen (secondary N) is 1. The highest BCUT2D eigenvalue weighted by Crippen LogP contribution is 2.35. The minimum Gasteiger partial charge on any atom is -0.350 e. The Morgan fingerprint density at radius 1 is 1.14 bits per heavy atom. The SMILES string of the molecule is CCC(C)NC(=O)c1ccc(-n2c(-c3ccccc3)cc3c2CCC(C)C3)cc1. The van der Waals surface area contributed by atoms with E-state index in [-0.39, 0.29) is 11.9 Å². The maximum Gasteiger partial charge on any atom is 0.251 e. The van der Waals surface area contributed by atoms with Crippen LogP contribution in [0.3, 0.4) is 0 Å². The normalized spacial score (nSPS) is 16.9. The predicted octanol–water partition coefficient (Wildman–Crippen LogP) is 5.80. The molecular weight excluding hydrogens is 356 g/mol. The highest BCUT2D eigenvalue weighted by Gasteiger charge is 2.23. The quantitative estimate of drug-likeness (QED) is 0.591. The van der Waals surface area contributed by atoms with Crippen LogP contribution in [0.15, 0.2) is 60.7 Å². The fraction of sp³-hybridized carbons (Fsp3) is 0.346. The molecule has 0 bridgehead atoms. The van der Waals surface area contributed by atoms with Crippen LogP contribution in [0.1, 0.15) is 55.2 Å². The zero-order valence-corrected chi connectivity index (χ0v) is 17.6. The van der Waals surface area contributed by atoms with E-state index in [9.17, 15) is 4.79 Å². The lowest BCUT2D eigenvalue weighted by Crippen LogP contribution is -2.31. The summed E-state index contributed by atoms with van der Waals surface area (Å²) < 4.78 is 2.40. The molecule has 1 aliphatic rings. The summed E-state index contributed by atoms with van der Waals surface area (Å²) in [6.07, 6.45) is 4.38. The summed E-state index contributed by atoms with van der Waals surface area (Å²) in [4.78, 5) is 12.5. The zero-order chi connectivity index (χ0) is 20.4. The van der Waals surface area contributed by atoms with Crippen LogP contribution in [0.5, 0.6) is 0 Å². The largest absolute Gasteiger partial charge is 0.350 e. The molecule has 0 aliphatic heterocycles. The Balaban J connectivity index is 1.73. The molecule has 1 aliphatic carbocycles. The van der Waals surface area contributed by atoms with Gasteiger partial charge in [0.2, 0.25) is 0 Å². The van der Waals surface area contributed by atoms with Crippen molar-refractivity contribution in [2.75, 3.05) is 0 Å². The van der Waals surface area contributed by atoms with Gasteiger partial charge >= 0.3 is 0 Å². The summed E-state index contributed by atoms with van der Waals surface area (Å²) >= 11 is 0. The van der Waals surface area contributed by atoms with E-state index < -0.39 is 0 Å². The van der Waals surface area contributed by atoms with Crippen molar-refractivity contribution in [1.82, 2.24) is 9.88 Å². The lowest BCUT2D eigenvalue weighted by molar-refractivity contribution is 0.0939. The second-order valence-corrected chi connectivity index (χ2v) is 8.38. The van der Waals surface area contributed by atoms with E-state index in [0.29, 0.717) is 5.56 Å². The number of carbonyl (C=O) groups is 1. The van der Waals surface area contributed by atoms with Gasteiger partial charge in [-0.3, -0.25) is 4.79 Å². The molecule has 2 atom stereocenters. The Kier molecular flexibility index (Phi) is 5.57. The van der Waals surface area contributed by atoms with Crippen LogP contribution in [0.4, 0.5) is 0 Å². The number of nitrogens with zero attached hydrogens (tertiary/aromatic N) is 1. The first kappa shape index (κ1) is 19.5. The Labute approximate surface area is 173 Å². The van der Waals surface area contributed by atoms with Gasteiger partial charge in [0.25, 0.3) is 5.91 Å². The summed E-state index contributed by atoms with van der Waals surface area (Å²) in [5, 5.41) is 3.05. The number of amides is 1. The molecule has 3 nitrogen and oxygen atoms in total. The van der Waals surface area contributed by atoms with Crippen LogP contribution in [0.2, 0.25) is 0 Å². The summed E-state index contributed by atoms with van der Waals surface area (Å²) in [7, 11) is 0. The number of hydrogen-bond donors (Lipinski definition) is 1. The first-order valence-corrected chi connectivity index (χ1v) is 10.8. The third-order valence-corrected chi connectivity index (χ3v) is 6.08. The number of aromatic nitrogens is 1. The van der Waals surface area contributed by atoms with Crippen molar-refractivity contribution < 1.29 is 4.79 Å². The third kappa shape index (κ3) is 4.00. The fourth-order valence-corrected chi connectivity index (χ4v) is 4.20. The smallest absolute Gasteiger partial charge is 0.251 e. The van der Waals surface area contributed by atoms with Crippen molar-refractivity contribution in [3.63, 3.8) is 0 Å². The molecule has 1 amide bonds. The average Bonchev–Trinajstić information content (AvgIpc) is 3.12. The van der Waals surface area contributed by atoms with Crippen LogP contribution in [0.25, 0.3) is 16.9 Å². The zero-order valence-electron chi connectivity index (χ0n) is 17.6. The van der Waals surface area contributed by atoms with Crippen molar-refractivity contribution in [3.8, 4) is 16.9 Å². The molecule has 1 N–H and O–H groups in total. The standard InChI is InChI=1S/C26H30N2O/c1-4-19(3)27-26(29)21-11-13-23(14-12-21)28-24-15-10-18(2)16-22(24)17-25(28)20-8-6-5-7-9-20/h5-9,11-14,17-19H,4,10,15-16H2,1-3H3,(H,27,29). The minimum atomic E-state index is -0.00228. The van der Waals surface area contributed by atoms with Crippen LogP contribution in [-0.4, -0.2) is 16.5 Å². The highest BCUT2D eigenvalue weighted by atomic mass is 16.1. The molecule has 0 spiro atoms. The van der Waals surface area contributed by atoms with Gasteiger partial charge in [-0.1, -0.05) is 44.2 Å². The topological polar surface area (TPSA) is 34.0 Å². The van der Waals surface area contributed by atoms with E-state index in [1.807, 2.05) is 19.1 Å². The van der Waals surface area contributed by atoms with Gasteiger partial charge in [0.05, 0.1) is 5.69 Å². The lowest BCUT2D eigenvalue weighted by Gasteiger charge is -2.21. The van der Waals surface area contributed by atoms with Crippen LogP contribution < -0.4 is 5.32 Å². The number of carbonyl (C=O) groups excluding carboxylic acids is 1. The molecule has 2 unspecified atom stereocenters. The molecule has 0 saturated heterocycles. The van der Waals surface area contributed by atoms with Crippen molar-refractivity contribution in [1.29, 1.82) is 0 Å². The van der Waals surface area contributed by atoms with E-state index in [4.69, 9.17) is 0 Å². The number of rotatable bonds is 5. The third-order valence-electron chi connectivity index (χ3n) is 6.08. The second kappa shape index (κ2) is 8.28. The van der Waals surface area contributed by atoms with Gasteiger partial charge in [-0.2, -0.15) is 0 Å². The van der Waals surface area contributed by atoms with Crippen molar-refractivity contribution in [2.24, 2.45) is 5.92 Å². The molecule has 2 aromatic carbocycles. The maximum absolute atomic E-state index is 12.5. The number of benzene rings is 2. The first-order chi connectivity index (χ1) is 14.1. The van der Waals surface area contributed by atoms with Gasteiger partial charge in [-0.05, 0) is 80.0 Å². The van der Waals surface area contributed by atoms with E-state index in [2.05, 4.69) is 72.3 Å². The van der Waals surface area contributed by atoms with Gasteiger partial charge in [-0.25, -0.2) is 0 Å². The summed E-state index contributed by atoms with van der Waals surface area (Å²) in [5.41, 5.74) is 7.18. The maximum atomic E-state index is 12.5. The molecule has 29 heavy (non-hydrogen) atoms. The Morgan fingerprint density at radius 3 is 2.55 bits per heavy atom. The van der Waals surface area contributed by atoms with Crippen LogP contribution >= 0.6 is 0 Å². The summed E-state index contributed by atoms with van der Waals surface area (Å²) in [6.45, 7) is 6.45. The average molecular weight is 387 g/mol. The molecular formula is C26H30N2O. The predicted molar refractivity (Wildman–Crippen MR) is 120 cm³/mol. The highest BCUT2D eigenvalue weighted by molar-refractivity contribution is 5.94. The Bertz CT molecular complexity index is 986. The van der Waals surface area contributed by atoms with Gasteiger partial charge in [0.1, 0.15) is 0 Å². The van der Waals surface area contributed by atoms with E-state index >= 15 is 0 Å². The van der Waals surface area contributed by atoms with Gasteiger partial charge in [0.15, 0.2) is 0 Å². The Hall–Kier alpha value is -2.81. The number of hydrogen-bond acceptors (Lipinski definition) is 1. The molecule has 3 heteroatoms. The van der Waals surface area contributed by atoms with E-state index in [1.165, 1.54) is 28.9 Å². The van der Waals surface area contributed by atoms with Crippen molar-refractivity contribution in [3.05, 3.63) is 77.5 Å². The molecule has 0 fully saturated rings. The van der Waals surface area contributed by atoms with Crippen molar-refractivity contribution in [2.45, 2.75) is 52.5 Å². The molecule has 4 rings (SSSR count). The first-order valence-electron chi connectivity index (χ1n) is 10.8. The molecule has 150 valence electrons. The fourth-order valence-electron chi connectivity index (χ4n) is 4.20. The van der Waals surface area contributed by atoms with Gasteiger partial charge in [0, 0.05) is 23.0 Å². The van der Waals surface area contributed by atoms with E-state index in [0.717, 1.165) is 30.9 Å². The van der Waals surface area contributed by atoms with Crippen molar-refractivity contribution >= 4 is 5.91 Å². The molecule has 3 aromatic rings. The second-order valence-electron chi connectivity index (χ2n) is 8.38. The lowest BCUT2D eigenvalue weighted by atomic mass is 9.89. The van der Waals surface area contributed by atoms with Gasteiger partial charge < -0.3 is 9.88 Å². The molecule has 0 radical (unpaired) electrons. The minimum absolute atomic E-state index is 0.00228. The van der Waals surface area contributed by atoms with Crippen LogP contribution in [-0.2, 0) is 12.8 Å². The van der Waals surface area contributed by atoms with E-state index in [1.54, 1.807) is 0 Å². The van der Waals surface area contributed by atoms with Crippen LogP contribution in [0, 0.1) is 5.92 Å². The molecule has 1 heterocycles. The summed E-state index contributed by atoms with van der Waals surface area (Å²) in [6, 6.07) is 21.2. The monoisotopic (exact) mass is 386 g/mol. The number of fused-ring (bicyclic) bond motifs is 1. The molecule has 0 saturated carbocycles. The summed E-state index contributed by atoms with van der Waals surface area (Å²) in [5.74, 6) is 0.728. The molecule has 1 aromatic heterocycles. The Morgan fingerprint density at radius 2 is 1.86 bits per heavy atom.